The minimum absolute atomic E-state index is 0.129. The third kappa shape index (κ3) is 2.36. The molecule has 1 aromatic heterocycles. The SMILES string of the molecule is O=C(c1cc2c(s1)-c1ccccc1CC2)N1CCC(O)CC1. The lowest BCUT2D eigenvalue weighted by Gasteiger charge is -2.29. The highest BCUT2D eigenvalue weighted by molar-refractivity contribution is 7.17. The Hall–Kier alpha value is -1.65. The van der Waals surface area contributed by atoms with Crippen LogP contribution in [0.4, 0.5) is 0 Å². The number of aliphatic hydroxyl groups is 1. The summed E-state index contributed by atoms with van der Waals surface area (Å²) < 4.78 is 0. The Morgan fingerprint density at radius 2 is 1.86 bits per heavy atom. The van der Waals surface area contributed by atoms with Crippen LogP contribution >= 0.6 is 11.3 Å². The van der Waals surface area contributed by atoms with E-state index in [9.17, 15) is 9.90 Å². The van der Waals surface area contributed by atoms with Crippen molar-refractivity contribution in [3.63, 3.8) is 0 Å². The molecule has 1 aliphatic heterocycles. The number of fused-ring (bicyclic) bond motifs is 3. The topological polar surface area (TPSA) is 40.5 Å². The van der Waals surface area contributed by atoms with Crippen molar-refractivity contribution < 1.29 is 9.90 Å². The van der Waals surface area contributed by atoms with Gasteiger partial charge in [-0.3, -0.25) is 4.79 Å². The maximum Gasteiger partial charge on any atom is 0.263 e. The molecule has 1 saturated heterocycles. The monoisotopic (exact) mass is 313 g/mol. The Morgan fingerprint density at radius 3 is 2.68 bits per heavy atom. The quantitative estimate of drug-likeness (QED) is 0.879. The number of carbonyl (C=O) groups excluding carboxylic acids is 1. The lowest BCUT2D eigenvalue weighted by atomic mass is 9.91. The summed E-state index contributed by atoms with van der Waals surface area (Å²) in [6.45, 7) is 1.33. The number of hydrogen-bond donors (Lipinski definition) is 1. The van der Waals surface area contributed by atoms with Crippen LogP contribution in [0.2, 0.25) is 0 Å². The van der Waals surface area contributed by atoms with E-state index in [0.29, 0.717) is 25.9 Å². The Kier molecular flexibility index (Phi) is 3.51. The molecule has 0 unspecified atom stereocenters. The number of rotatable bonds is 1. The maximum absolute atomic E-state index is 12.7. The number of piperidine rings is 1. The Balaban J connectivity index is 1.63. The minimum Gasteiger partial charge on any atom is -0.393 e. The summed E-state index contributed by atoms with van der Waals surface area (Å²) in [5.41, 5.74) is 3.99. The summed E-state index contributed by atoms with van der Waals surface area (Å²) >= 11 is 1.63. The van der Waals surface area contributed by atoms with Crippen molar-refractivity contribution in [1.82, 2.24) is 4.90 Å². The zero-order valence-corrected chi connectivity index (χ0v) is 13.2. The van der Waals surface area contributed by atoms with E-state index in [0.717, 1.165) is 17.7 Å². The normalized spacial score (nSPS) is 18.0. The van der Waals surface area contributed by atoms with Gasteiger partial charge in [-0.25, -0.2) is 0 Å². The number of likely N-dealkylation sites (tertiary alicyclic amines) is 1. The summed E-state index contributed by atoms with van der Waals surface area (Å²) in [4.78, 5) is 16.7. The molecular weight excluding hydrogens is 294 g/mol. The van der Waals surface area contributed by atoms with E-state index >= 15 is 0 Å². The van der Waals surface area contributed by atoms with Crippen LogP contribution in [0.3, 0.4) is 0 Å². The molecule has 22 heavy (non-hydrogen) atoms. The van der Waals surface area contributed by atoms with Gasteiger partial charge in [-0.15, -0.1) is 11.3 Å². The van der Waals surface area contributed by atoms with Crippen molar-refractivity contribution in [2.75, 3.05) is 13.1 Å². The summed E-state index contributed by atoms with van der Waals surface area (Å²) in [6, 6.07) is 10.6. The number of benzene rings is 1. The smallest absolute Gasteiger partial charge is 0.263 e. The fraction of sp³-hybridized carbons (Fsp3) is 0.389. The molecule has 0 radical (unpaired) electrons. The van der Waals surface area contributed by atoms with Gasteiger partial charge in [0, 0.05) is 18.0 Å². The first kappa shape index (κ1) is 14.0. The Morgan fingerprint density at radius 1 is 1.14 bits per heavy atom. The maximum atomic E-state index is 12.7. The molecule has 1 aromatic carbocycles. The van der Waals surface area contributed by atoms with E-state index in [1.54, 1.807) is 11.3 Å². The molecule has 0 atom stereocenters. The van der Waals surface area contributed by atoms with Gasteiger partial charge >= 0.3 is 0 Å². The molecule has 4 rings (SSSR count). The van der Waals surface area contributed by atoms with Crippen LogP contribution in [-0.2, 0) is 12.8 Å². The van der Waals surface area contributed by atoms with Crippen LogP contribution in [0.5, 0.6) is 0 Å². The second kappa shape index (κ2) is 5.52. The van der Waals surface area contributed by atoms with E-state index in [1.807, 2.05) is 4.90 Å². The van der Waals surface area contributed by atoms with Crippen LogP contribution in [-0.4, -0.2) is 35.1 Å². The van der Waals surface area contributed by atoms with E-state index in [2.05, 4.69) is 30.3 Å². The average molecular weight is 313 g/mol. The summed E-state index contributed by atoms with van der Waals surface area (Å²) in [5, 5.41) is 9.59. The number of hydrogen-bond acceptors (Lipinski definition) is 3. The number of aryl methyl sites for hydroxylation is 2. The van der Waals surface area contributed by atoms with E-state index < -0.39 is 0 Å². The van der Waals surface area contributed by atoms with Crippen molar-refractivity contribution in [1.29, 1.82) is 0 Å². The van der Waals surface area contributed by atoms with E-state index in [1.165, 1.54) is 21.6 Å². The molecule has 1 N–H and O–H groups in total. The highest BCUT2D eigenvalue weighted by Gasteiger charge is 2.26. The van der Waals surface area contributed by atoms with E-state index in [-0.39, 0.29) is 12.0 Å². The standard InChI is InChI=1S/C18H19NO2S/c20-14-7-9-19(10-8-14)18(21)16-11-13-6-5-12-3-1-2-4-15(12)17(13)22-16/h1-4,11,14,20H,5-10H2. The molecule has 2 aromatic rings. The second-order valence-corrected chi connectivity index (χ2v) is 7.20. The number of carbonyl (C=O) groups is 1. The first-order valence-corrected chi connectivity index (χ1v) is 8.72. The predicted octanol–water partition coefficient (Wildman–Crippen LogP) is 3.11. The number of aliphatic hydroxyl groups excluding tert-OH is 1. The van der Waals surface area contributed by atoms with Crippen LogP contribution in [0.15, 0.2) is 30.3 Å². The molecule has 0 saturated carbocycles. The molecule has 0 spiro atoms. The van der Waals surface area contributed by atoms with Gasteiger partial charge in [-0.2, -0.15) is 0 Å². The van der Waals surface area contributed by atoms with E-state index in [4.69, 9.17) is 0 Å². The summed E-state index contributed by atoms with van der Waals surface area (Å²) in [5.74, 6) is 0.129. The van der Waals surface area contributed by atoms with Crippen molar-refractivity contribution in [3.8, 4) is 10.4 Å². The fourth-order valence-electron chi connectivity index (χ4n) is 3.40. The van der Waals surface area contributed by atoms with Gasteiger partial charge in [0.15, 0.2) is 0 Å². The third-order valence-corrected chi connectivity index (χ3v) is 5.90. The van der Waals surface area contributed by atoms with Gasteiger partial charge < -0.3 is 10.0 Å². The average Bonchev–Trinajstić information content (AvgIpc) is 2.99. The Labute approximate surface area is 134 Å². The second-order valence-electron chi connectivity index (χ2n) is 6.15. The number of amides is 1. The number of nitrogens with zero attached hydrogens (tertiary/aromatic N) is 1. The first-order valence-electron chi connectivity index (χ1n) is 7.90. The highest BCUT2D eigenvalue weighted by atomic mass is 32.1. The Bertz CT molecular complexity index is 714. The molecule has 1 aliphatic carbocycles. The molecule has 2 aliphatic rings. The summed E-state index contributed by atoms with van der Waals surface area (Å²) in [7, 11) is 0. The minimum atomic E-state index is -0.243. The van der Waals surface area contributed by atoms with Gasteiger partial charge in [-0.05, 0) is 48.4 Å². The van der Waals surface area contributed by atoms with Gasteiger partial charge in [-0.1, -0.05) is 24.3 Å². The lowest BCUT2D eigenvalue weighted by molar-refractivity contribution is 0.0550. The van der Waals surface area contributed by atoms with Crippen molar-refractivity contribution >= 4 is 17.2 Å². The van der Waals surface area contributed by atoms with Crippen LogP contribution in [0, 0.1) is 0 Å². The molecule has 1 amide bonds. The molecule has 4 heteroatoms. The van der Waals surface area contributed by atoms with Crippen molar-refractivity contribution in [3.05, 3.63) is 46.3 Å². The predicted molar refractivity (Wildman–Crippen MR) is 88.3 cm³/mol. The third-order valence-electron chi connectivity index (χ3n) is 4.70. The first-order chi connectivity index (χ1) is 10.7. The van der Waals surface area contributed by atoms with Gasteiger partial charge in [0.25, 0.3) is 5.91 Å². The molecule has 2 heterocycles. The molecular formula is C18H19NO2S. The summed E-state index contributed by atoms with van der Waals surface area (Å²) in [6.07, 6.45) is 3.23. The largest absolute Gasteiger partial charge is 0.393 e. The zero-order valence-electron chi connectivity index (χ0n) is 12.4. The molecule has 114 valence electrons. The fourth-order valence-corrected chi connectivity index (χ4v) is 4.64. The van der Waals surface area contributed by atoms with Crippen LogP contribution in [0.1, 0.15) is 33.6 Å². The van der Waals surface area contributed by atoms with Crippen molar-refractivity contribution in [2.24, 2.45) is 0 Å². The molecule has 0 bridgehead atoms. The highest BCUT2D eigenvalue weighted by Crippen LogP contribution is 2.39. The van der Waals surface area contributed by atoms with Gasteiger partial charge in [0.05, 0.1) is 11.0 Å². The zero-order chi connectivity index (χ0) is 15.1. The number of thiophene rings is 1. The molecule has 1 fully saturated rings. The van der Waals surface area contributed by atoms with Crippen LogP contribution in [0.25, 0.3) is 10.4 Å². The van der Waals surface area contributed by atoms with Crippen LogP contribution < -0.4 is 0 Å². The van der Waals surface area contributed by atoms with Gasteiger partial charge in [0.2, 0.25) is 0 Å². The van der Waals surface area contributed by atoms with Crippen molar-refractivity contribution in [2.45, 2.75) is 31.8 Å². The lowest BCUT2D eigenvalue weighted by Crippen LogP contribution is -2.39. The molecule has 3 nitrogen and oxygen atoms in total. The van der Waals surface area contributed by atoms with Gasteiger partial charge in [0.1, 0.15) is 0 Å².